The number of nitrogens with zero attached hydrogens (tertiary/aromatic N) is 2. The normalized spacial score (nSPS) is 11.6. The minimum absolute atomic E-state index is 0.308. The van der Waals surface area contributed by atoms with Gasteiger partial charge in [0.05, 0.1) is 12.1 Å². The molecule has 0 amide bonds. The van der Waals surface area contributed by atoms with Crippen LogP contribution in [0.4, 0.5) is 20.5 Å². The van der Waals surface area contributed by atoms with Crippen LogP contribution in [0.15, 0.2) is 24.3 Å². The van der Waals surface area contributed by atoms with Gasteiger partial charge in [-0.15, -0.1) is 0 Å². The van der Waals surface area contributed by atoms with Crippen LogP contribution in [0.25, 0.3) is 10.9 Å². The highest BCUT2D eigenvalue weighted by Gasteiger charge is 2.27. The van der Waals surface area contributed by atoms with Crippen LogP contribution in [-0.2, 0) is 0 Å². The summed E-state index contributed by atoms with van der Waals surface area (Å²) in [6, 6.07) is 7.10. The zero-order chi connectivity index (χ0) is 13.9. The van der Waals surface area contributed by atoms with E-state index in [1.807, 2.05) is 0 Å². The summed E-state index contributed by atoms with van der Waals surface area (Å²) in [6.45, 7) is -1.89. The van der Waals surface area contributed by atoms with E-state index in [-0.39, 0.29) is 0 Å². The Balaban J connectivity index is 2.35. The van der Waals surface area contributed by atoms with Crippen molar-refractivity contribution in [2.75, 3.05) is 30.8 Å². The molecule has 0 spiro atoms. The SMILES string of the molecule is CNc1nc(NCC(F)(F)CO)c2ccccc2n1. The zero-order valence-electron chi connectivity index (χ0n) is 10.3. The number of aliphatic hydroxyl groups is 1. The number of nitrogens with one attached hydrogen (secondary N) is 2. The number of rotatable bonds is 5. The minimum atomic E-state index is -3.19. The third-order valence-corrected chi connectivity index (χ3v) is 2.57. The highest BCUT2D eigenvalue weighted by atomic mass is 19.3. The Kier molecular flexibility index (Phi) is 3.75. The lowest BCUT2D eigenvalue weighted by molar-refractivity contribution is -0.0373. The molecule has 2 rings (SSSR count). The third-order valence-electron chi connectivity index (χ3n) is 2.57. The van der Waals surface area contributed by atoms with Crippen LogP contribution in [0.2, 0.25) is 0 Å². The Morgan fingerprint density at radius 2 is 2.00 bits per heavy atom. The van der Waals surface area contributed by atoms with Crippen molar-refractivity contribution in [2.24, 2.45) is 0 Å². The first-order valence-corrected chi connectivity index (χ1v) is 5.73. The van der Waals surface area contributed by atoms with Crippen molar-refractivity contribution >= 4 is 22.7 Å². The molecule has 0 fully saturated rings. The van der Waals surface area contributed by atoms with Crippen LogP contribution >= 0.6 is 0 Å². The molecule has 102 valence electrons. The first-order valence-electron chi connectivity index (χ1n) is 5.73. The summed E-state index contributed by atoms with van der Waals surface area (Å²) in [5, 5.41) is 14.5. The molecule has 1 aromatic carbocycles. The van der Waals surface area contributed by atoms with Crippen molar-refractivity contribution in [3.8, 4) is 0 Å². The van der Waals surface area contributed by atoms with Crippen molar-refractivity contribution in [1.82, 2.24) is 9.97 Å². The van der Waals surface area contributed by atoms with Crippen molar-refractivity contribution in [1.29, 1.82) is 0 Å². The molecular weight excluding hydrogens is 254 g/mol. The van der Waals surface area contributed by atoms with Crippen molar-refractivity contribution in [3.05, 3.63) is 24.3 Å². The Morgan fingerprint density at radius 3 is 2.68 bits per heavy atom. The predicted molar refractivity (Wildman–Crippen MR) is 69.6 cm³/mol. The van der Waals surface area contributed by atoms with Gasteiger partial charge in [-0.2, -0.15) is 4.98 Å². The van der Waals surface area contributed by atoms with Crippen molar-refractivity contribution in [3.63, 3.8) is 0 Å². The van der Waals surface area contributed by atoms with Gasteiger partial charge in [0.15, 0.2) is 0 Å². The average molecular weight is 268 g/mol. The lowest BCUT2D eigenvalue weighted by Gasteiger charge is -2.16. The molecule has 5 nitrogen and oxygen atoms in total. The van der Waals surface area contributed by atoms with Gasteiger partial charge in [0.1, 0.15) is 12.4 Å². The Labute approximate surface area is 108 Å². The average Bonchev–Trinajstić information content (AvgIpc) is 2.44. The monoisotopic (exact) mass is 268 g/mol. The summed E-state index contributed by atoms with van der Waals surface area (Å²) in [5.74, 6) is -2.54. The van der Waals surface area contributed by atoms with Gasteiger partial charge in [-0.05, 0) is 12.1 Å². The van der Waals surface area contributed by atoms with E-state index in [4.69, 9.17) is 5.11 Å². The molecule has 1 heterocycles. The number of halogens is 2. The maximum absolute atomic E-state index is 13.0. The van der Waals surface area contributed by atoms with Gasteiger partial charge >= 0.3 is 0 Å². The van der Waals surface area contributed by atoms with Crippen LogP contribution in [0.3, 0.4) is 0 Å². The number of aliphatic hydroxyl groups excluding tert-OH is 1. The number of para-hydroxylation sites is 1. The van der Waals surface area contributed by atoms with Gasteiger partial charge in [-0.3, -0.25) is 0 Å². The number of fused-ring (bicyclic) bond motifs is 1. The van der Waals surface area contributed by atoms with Crippen LogP contribution < -0.4 is 10.6 Å². The molecule has 0 aliphatic carbocycles. The summed E-state index contributed by atoms with van der Waals surface area (Å²) in [7, 11) is 1.65. The number of alkyl halides is 2. The molecule has 0 aliphatic heterocycles. The summed E-state index contributed by atoms with van der Waals surface area (Å²) in [4.78, 5) is 8.33. The molecule has 0 saturated heterocycles. The Bertz CT molecular complexity index is 577. The molecule has 19 heavy (non-hydrogen) atoms. The molecule has 0 bridgehead atoms. The fourth-order valence-corrected chi connectivity index (χ4v) is 1.59. The Hall–Kier alpha value is -2.02. The maximum Gasteiger partial charge on any atom is 0.287 e. The van der Waals surface area contributed by atoms with Crippen molar-refractivity contribution in [2.45, 2.75) is 5.92 Å². The molecule has 3 N–H and O–H groups in total. The van der Waals surface area contributed by atoms with Gasteiger partial charge < -0.3 is 15.7 Å². The smallest absolute Gasteiger partial charge is 0.287 e. The van der Waals surface area contributed by atoms with Gasteiger partial charge in [0, 0.05) is 12.4 Å². The summed E-state index contributed by atoms with van der Waals surface area (Å²) in [6.07, 6.45) is 0. The quantitative estimate of drug-likeness (QED) is 0.770. The van der Waals surface area contributed by atoms with Gasteiger partial charge in [-0.1, -0.05) is 12.1 Å². The Morgan fingerprint density at radius 1 is 1.26 bits per heavy atom. The first-order chi connectivity index (χ1) is 9.05. The molecule has 7 heteroatoms. The van der Waals surface area contributed by atoms with E-state index in [9.17, 15) is 8.78 Å². The fourth-order valence-electron chi connectivity index (χ4n) is 1.59. The highest BCUT2D eigenvalue weighted by Crippen LogP contribution is 2.23. The standard InChI is InChI=1S/C12H14F2N4O/c1-15-11-17-9-5-3-2-4-8(9)10(18-11)16-6-12(13,14)7-19/h2-5,19H,6-7H2,1H3,(H2,15,16,17,18). The molecule has 0 unspecified atom stereocenters. The highest BCUT2D eigenvalue weighted by molar-refractivity contribution is 5.90. The van der Waals surface area contributed by atoms with Crippen LogP contribution in [0.5, 0.6) is 0 Å². The summed E-state index contributed by atoms with van der Waals surface area (Å²) in [5.41, 5.74) is 0.650. The van der Waals surface area contributed by atoms with E-state index in [0.717, 1.165) is 0 Å². The lowest BCUT2D eigenvalue weighted by Crippen LogP contribution is -2.31. The first kappa shape index (κ1) is 13.4. The number of anilines is 2. The van der Waals surface area contributed by atoms with E-state index in [0.29, 0.717) is 22.7 Å². The minimum Gasteiger partial charge on any atom is -0.390 e. The summed E-state index contributed by atoms with van der Waals surface area (Å²) >= 11 is 0. The second-order valence-electron chi connectivity index (χ2n) is 4.03. The molecule has 0 aliphatic rings. The number of aromatic nitrogens is 2. The van der Waals surface area contributed by atoms with Crippen molar-refractivity contribution < 1.29 is 13.9 Å². The number of hydrogen-bond acceptors (Lipinski definition) is 5. The fraction of sp³-hybridized carbons (Fsp3) is 0.333. The number of hydrogen-bond donors (Lipinski definition) is 3. The van der Waals surface area contributed by atoms with E-state index in [1.54, 1.807) is 31.3 Å². The van der Waals surface area contributed by atoms with Gasteiger partial charge in [-0.25, -0.2) is 13.8 Å². The van der Waals surface area contributed by atoms with Gasteiger partial charge in [0.25, 0.3) is 5.92 Å². The molecule has 1 aromatic heterocycles. The van der Waals surface area contributed by atoms with Crippen LogP contribution in [-0.4, -0.2) is 41.2 Å². The predicted octanol–water partition coefficient (Wildman–Crippen LogP) is 1.71. The molecular formula is C12H14F2N4O. The van der Waals surface area contributed by atoms with E-state index in [2.05, 4.69) is 20.6 Å². The second-order valence-corrected chi connectivity index (χ2v) is 4.03. The largest absolute Gasteiger partial charge is 0.390 e. The molecule has 0 atom stereocenters. The lowest BCUT2D eigenvalue weighted by atomic mass is 10.2. The molecule has 2 aromatic rings. The zero-order valence-corrected chi connectivity index (χ0v) is 10.3. The molecule has 0 saturated carbocycles. The van der Waals surface area contributed by atoms with E-state index < -0.39 is 19.1 Å². The summed E-state index contributed by atoms with van der Waals surface area (Å²) < 4.78 is 26.1. The topological polar surface area (TPSA) is 70.1 Å². The van der Waals surface area contributed by atoms with Crippen LogP contribution in [0.1, 0.15) is 0 Å². The van der Waals surface area contributed by atoms with E-state index in [1.165, 1.54) is 0 Å². The van der Waals surface area contributed by atoms with E-state index >= 15 is 0 Å². The molecule has 0 radical (unpaired) electrons. The van der Waals surface area contributed by atoms with Gasteiger partial charge in [0.2, 0.25) is 5.95 Å². The third kappa shape index (κ3) is 3.05. The van der Waals surface area contributed by atoms with Crippen LogP contribution in [0, 0.1) is 0 Å². The second kappa shape index (κ2) is 5.31. The maximum atomic E-state index is 13.0. The number of benzene rings is 1.